The Morgan fingerprint density at radius 2 is 0.977 bits per heavy atom. The van der Waals surface area contributed by atoms with Crippen molar-refractivity contribution < 1.29 is 14.2 Å². The summed E-state index contributed by atoms with van der Waals surface area (Å²) in [7, 11) is 0. The molecule has 0 spiro atoms. The third-order valence-corrected chi connectivity index (χ3v) is 66.8. The average Bonchev–Trinajstić information content (AvgIpc) is 3.66. The van der Waals surface area contributed by atoms with Crippen molar-refractivity contribution in [3.63, 3.8) is 0 Å². The predicted molar refractivity (Wildman–Crippen MR) is 190 cm³/mol. The topological polar surface area (TPSA) is 0 Å². The van der Waals surface area contributed by atoms with Crippen molar-refractivity contribution in [2.75, 3.05) is 0 Å². The second-order valence-corrected chi connectivity index (χ2v) is 97.5. The zero-order valence-electron chi connectivity index (χ0n) is 26.9. The van der Waals surface area contributed by atoms with Gasteiger partial charge in [-0.25, -0.2) is 0 Å². The Balaban J connectivity index is 1.47. The van der Waals surface area contributed by atoms with Crippen molar-refractivity contribution in [3.05, 3.63) is 130 Å². The Bertz CT molecular complexity index is 1820. The minimum absolute atomic E-state index is 0.453. The molecule has 0 aliphatic heterocycles. The zero-order valence-corrected chi connectivity index (χ0v) is 31.9. The summed E-state index contributed by atoms with van der Waals surface area (Å²) in [6, 6.07) is 32.6. The molecule has 220 valence electrons. The van der Waals surface area contributed by atoms with Crippen LogP contribution in [0.3, 0.4) is 0 Å². The standard InChI is InChI=1S/2C16H13.C6H11.3CH3.Hf.H2Si/c2*1-12-8-10-14(11-9-12)16-7-3-5-13-4-2-6-15(13)16;1-2-4-6-5-3-1;;;;;/h2*2-11H,1H3;1H,2-6H2;3*1H3;;1H2. The molecule has 0 heterocycles. The molecule has 0 bridgehead atoms. The van der Waals surface area contributed by atoms with E-state index in [1.165, 1.54) is 76.6 Å². The van der Waals surface area contributed by atoms with Crippen LogP contribution in [0.5, 0.6) is 0 Å². The summed E-state index contributed by atoms with van der Waals surface area (Å²) in [4.78, 5) is 0. The van der Waals surface area contributed by atoms with E-state index in [9.17, 15) is 0 Å². The van der Waals surface area contributed by atoms with E-state index in [2.05, 4.69) is 144 Å². The molecule has 4 aromatic carbocycles. The Hall–Kier alpha value is -2.55. The van der Waals surface area contributed by atoms with Gasteiger partial charge in [0.25, 0.3) is 0 Å². The number of fused-ring (bicyclic) bond motifs is 2. The fourth-order valence-electron chi connectivity index (χ4n) is 10.3. The van der Waals surface area contributed by atoms with E-state index in [-0.39, 0.29) is 0 Å². The summed E-state index contributed by atoms with van der Waals surface area (Å²) in [6.45, 7) is 6.92. The maximum atomic E-state index is 2.91. The SMILES string of the molecule is Cc1ccc(-c2cccc3c2C=C[CH]3[Hf]([CH3])([CH3])([CH3])(=[SiH2])([CH]2CCCCC2)[CH]2C=Cc3c(-c4ccc(C)cc4)cccc32)cc1. The first-order valence-electron chi connectivity index (χ1n) is 16.7. The second-order valence-electron chi connectivity index (χ2n) is 17.6. The van der Waals surface area contributed by atoms with Gasteiger partial charge in [0.2, 0.25) is 0 Å². The number of hydrogen-bond acceptors (Lipinski definition) is 0. The Morgan fingerprint density at radius 3 is 1.40 bits per heavy atom. The molecule has 0 amide bonds. The van der Waals surface area contributed by atoms with Crippen LogP contribution in [0, 0.1) is 13.8 Å². The first kappa shape index (κ1) is 29.2. The van der Waals surface area contributed by atoms with E-state index in [0.29, 0.717) is 7.35 Å². The summed E-state index contributed by atoms with van der Waals surface area (Å²) >= 11 is -5.03. The summed E-state index contributed by atoms with van der Waals surface area (Å²) in [5.74, 6) is 0. The Morgan fingerprint density at radius 1 is 0.558 bits per heavy atom. The van der Waals surface area contributed by atoms with Gasteiger partial charge in [0, 0.05) is 0 Å². The number of rotatable bonds is 5. The molecule has 2 atom stereocenters. The van der Waals surface area contributed by atoms with Crippen molar-refractivity contribution in [2.24, 2.45) is 0 Å². The third kappa shape index (κ3) is 4.15. The molecule has 0 aromatic heterocycles. The van der Waals surface area contributed by atoms with E-state index >= 15 is 0 Å². The third-order valence-electron chi connectivity index (χ3n) is 13.2. The Labute approximate surface area is 255 Å². The monoisotopic (exact) mass is 748 g/mol. The van der Waals surface area contributed by atoms with Gasteiger partial charge >= 0.3 is 257 Å². The van der Waals surface area contributed by atoms with Gasteiger partial charge in [-0.1, -0.05) is 0 Å². The molecule has 0 saturated heterocycles. The Kier molecular flexibility index (Phi) is 6.11. The summed E-state index contributed by atoms with van der Waals surface area (Å²) in [5, 5.41) is 0. The van der Waals surface area contributed by atoms with Crippen LogP contribution in [0.25, 0.3) is 34.4 Å². The molecule has 0 N–H and O–H groups in total. The van der Waals surface area contributed by atoms with Gasteiger partial charge < -0.3 is 0 Å². The van der Waals surface area contributed by atoms with Crippen molar-refractivity contribution in [1.29, 1.82) is 0 Å². The fourth-order valence-corrected chi connectivity index (χ4v) is 56.1. The van der Waals surface area contributed by atoms with Crippen LogP contribution in [0.15, 0.2) is 97.1 Å². The molecule has 1 saturated carbocycles. The minimum atomic E-state index is -5.03. The number of hydrogen-bond donors (Lipinski definition) is 0. The van der Waals surface area contributed by atoms with Crippen molar-refractivity contribution >= 4 is 19.1 Å². The second kappa shape index (κ2) is 9.01. The van der Waals surface area contributed by atoms with Crippen LogP contribution in [-0.2, 0) is 14.2 Å². The first-order valence-corrected chi connectivity index (χ1v) is 42.0. The van der Waals surface area contributed by atoms with E-state index in [0.717, 1.165) is 3.67 Å². The number of benzene rings is 4. The molecule has 7 rings (SSSR count). The molecule has 43 heavy (non-hydrogen) atoms. The number of aryl methyl sites for hydroxylation is 2. The molecule has 0 nitrogen and oxygen atoms in total. The number of allylic oxidation sites excluding steroid dienone is 2. The molecule has 3 aliphatic carbocycles. The molecule has 2 heteroatoms. The first-order chi connectivity index (χ1) is 20.3. The predicted octanol–water partition coefficient (Wildman–Crippen LogP) is 11.7. The zero-order chi connectivity index (χ0) is 30.1. The quantitative estimate of drug-likeness (QED) is 0.178. The molecular weight excluding hydrogens is 699 g/mol. The van der Waals surface area contributed by atoms with Gasteiger partial charge in [0.1, 0.15) is 0 Å². The van der Waals surface area contributed by atoms with Crippen molar-refractivity contribution in [2.45, 2.75) is 71.0 Å². The van der Waals surface area contributed by atoms with Gasteiger partial charge in [0.05, 0.1) is 0 Å². The van der Waals surface area contributed by atoms with Crippen molar-refractivity contribution in [1.82, 2.24) is 0 Å². The molecule has 2 unspecified atom stereocenters. The van der Waals surface area contributed by atoms with E-state index in [1.807, 2.05) is 0 Å². The average molecular weight is 747 g/mol. The van der Waals surface area contributed by atoms with Gasteiger partial charge in [-0.2, -0.15) is 0 Å². The normalized spacial score (nSPS) is 22.3. The van der Waals surface area contributed by atoms with Gasteiger partial charge in [-0.3, -0.25) is 0 Å². The van der Waals surface area contributed by atoms with E-state index < -0.39 is 14.2 Å². The van der Waals surface area contributed by atoms with Crippen LogP contribution >= 0.6 is 0 Å². The van der Waals surface area contributed by atoms with Gasteiger partial charge in [-0.15, -0.1) is 0 Å². The van der Waals surface area contributed by atoms with Crippen LogP contribution < -0.4 is 0 Å². The van der Waals surface area contributed by atoms with Gasteiger partial charge in [0.15, 0.2) is 0 Å². The van der Waals surface area contributed by atoms with E-state index in [1.54, 1.807) is 11.1 Å². The van der Waals surface area contributed by atoms with E-state index in [4.69, 9.17) is 0 Å². The van der Waals surface area contributed by atoms with Crippen molar-refractivity contribution in [3.8, 4) is 22.3 Å². The summed E-state index contributed by atoms with van der Waals surface area (Å²) in [5.41, 5.74) is 14.1. The molecular formula is C41H48HfSi. The summed E-state index contributed by atoms with van der Waals surface area (Å²) < 4.78 is 10.4. The molecule has 4 aromatic rings. The van der Waals surface area contributed by atoms with Crippen LogP contribution in [0.2, 0.25) is 17.7 Å². The molecule has 1 fully saturated rings. The van der Waals surface area contributed by atoms with Crippen LogP contribution in [0.4, 0.5) is 0 Å². The molecule has 0 radical (unpaired) electrons. The van der Waals surface area contributed by atoms with Crippen LogP contribution in [-0.4, -0.2) is 6.94 Å². The fraction of sp³-hybridized carbons (Fsp3) is 0.317. The summed E-state index contributed by atoms with van der Waals surface area (Å²) in [6.07, 6.45) is 17.3. The maximum absolute atomic E-state index is 5.03. The van der Waals surface area contributed by atoms with Gasteiger partial charge in [-0.05, 0) is 0 Å². The van der Waals surface area contributed by atoms with Crippen LogP contribution in [0.1, 0.15) is 72.8 Å². The molecule has 3 aliphatic rings.